The summed E-state index contributed by atoms with van der Waals surface area (Å²) in [5.41, 5.74) is 2.09. The Balaban J connectivity index is 1.65. The molecule has 1 N–H and O–H groups in total. The second-order valence-electron chi connectivity index (χ2n) is 6.98. The van der Waals surface area contributed by atoms with Crippen molar-refractivity contribution < 1.29 is 22.8 Å². The van der Waals surface area contributed by atoms with Gasteiger partial charge in [0.15, 0.2) is 0 Å². The number of benzene rings is 2. The number of carbonyl (C=O) groups excluding carboxylic acids is 2. The van der Waals surface area contributed by atoms with Crippen molar-refractivity contribution in [3.05, 3.63) is 54.2 Å². The second-order valence-corrected chi connectivity index (χ2v) is 7.95. The lowest BCUT2D eigenvalue weighted by molar-refractivity contribution is -0.157. The van der Waals surface area contributed by atoms with E-state index in [1.807, 2.05) is 6.07 Å². The number of aromatic nitrogens is 2. The minimum Gasteiger partial charge on any atom is -0.324 e. The summed E-state index contributed by atoms with van der Waals surface area (Å²) >= 11 is 1.02. The molecule has 0 unspecified atom stereocenters. The first-order valence-electron chi connectivity index (χ1n) is 9.38. The summed E-state index contributed by atoms with van der Waals surface area (Å²) in [5, 5.41) is 2.92. The van der Waals surface area contributed by atoms with Gasteiger partial charge in [-0.25, -0.2) is 9.97 Å². The molecule has 3 aromatic rings. The number of amides is 2. The molecule has 0 aliphatic carbocycles. The fourth-order valence-electron chi connectivity index (χ4n) is 3.40. The summed E-state index contributed by atoms with van der Waals surface area (Å²) in [7, 11) is 0. The van der Waals surface area contributed by atoms with Gasteiger partial charge >= 0.3 is 6.18 Å². The van der Waals surface area contributed by atoms with Crippen LogP contribution in [0, 0.1) is 6.92 Å². The average molecular weight is 446 g/mol. The van der Waals surface area contributed by atoms with E-state index in [1.165, 1.54) is 18.2 Å². The van der Waals surface area contributed by atoms with Crippen molar-refractivity contribution in [2.75, 3.05) is 16.0 Å². The van der Waals surface area contributed by atoms with E-state index in [0.29, 0.717) is 26.7 Å². The maximum absolute atomic E-state index is 13.8. The largest absolute Gasteiger partial charge is 0.409 e. The Kier molecular flexibility index (Phi) is 5.57. The van der Waals surface area contributed by atoms with Crippen molar-refractivity contribution in [1.29, 1.82) is 0 Å². The summed E-state index contributed by atoms with van der Waals surface area (Å²) in [4.78, 5) is 34.7. The highest BCUT2D eigenvalue weighted by Crippen LogP contribution is 2.38. The van der Waals surface area contributed by atoms with Gasteiger partial charge in [0.2, 0.25) is 11.8 Å². The number of para-hydroxylation sites is 4. The molecule has 4 rings (SSSR count). The van der Waals surface area contributed by atoms with Crippen molar-refractivity contribution in [3.63, 3.8) is 0 Å². The lowest BCUT2D eigenvalue weighted by Crippen LogP contribution is -2.50. The van der Waals surface area contributed by atoms with Gasteiger partial charge in [0.25, 0.3) is 0 Å². The molecule has 0 saturated heterocycles. The molecule has 10 heteroatoms. The standard InChI is InChI=1S/C21H17F3N4O2S/c1-12-20(27-14-7-3-2-6-13(14)25-12)31-11-19(30)28-16-9-5-4-8-15(16)26-18(29)10-17(28)21(22,23)24/h2-9,17H,10-11H2,1H3,(H,26,29)/t17-/m1/s1. The van der Waals surface area contributed by atoms with Crippen molar-refractivity contribution in [1.82, 2.24) is 9.97 Å². The Morgan fingerprint density at radius 3 is 2.48 bits per heavy atom. The van der Waals surface area contributed by atoms with E-state index in [1.54, 1.807) is 31.2 Å². The first kappa shape index (κ1) is 21.1. The van der Waals surface area contributed by atoms with Gasteiger partial charge in [0, 0.05) is 0 Å². The second kappa shape index (κ2) is 8.18. The van der Waals surface area contributed by atoms with Crippen LogP contribution in [0.2, 0.25) is 0 Å². The smallest absolute Gasteiger partial charge is 0.324 e. The number of nitrogens with zero attached hydrogens (tertiary/aromatic N) is 3. The zero-order chi connectivity index (χ0) is 22.2. The highest BCUT2D eigenvalue weighted by molar-refractivity contribution is 8.00. The molecular weight excluding hydrogens is 429 g/mol. The Morgan fingerprint density at radius 1 is 1.13 bits per heavy atom. The van der Waals surface area contributed by atoms with Gasteiger partial charge in [0.05, 0.1) is 40.3 Å². The number of alkyl halides is 3. The Labute approximate surface area is 179 Å². The van der Waals surface area contributed by atoms with Gasteiger partial charge in [-0.15, -0.1) is 0 Å². The van der Waals surface area contributed by atoms with Crippen molar-refractivity contribution in [2.45, 2.75) is 30.6 Å². The van der Waals surface area contributed by atoms with E-state index in [4.69, 9.17) is 0 Å². The lowest BCUT2D eigenvalue weighted by Gasteiger charge is -2.31. The number of thioether (sulfide) groups is 1. The highest BCUT2D eigenvalue weighted by atomic mass is 32.2. The number of anilines is 2. The molecule has 0 radical (unpaired) electrons. The fourth-order valence-corrected chi connectivity index (χ4v) is 4.22. The van der Waals surface area contributed by atoms with Crippen molar-refractivity contribution >= 4 is 46.0 Å². The normalized spacial score (nSPS) is 16.6. The van der Waals surface area contributed by atoms with Crippen LogP contribution in [0.25, 0.3) is 11.0 Å². The Morgan fingerprint density at radius 2 is 1.77 bits per heavy atom. The molecule has 0 bridgehead atoms. The van der Waals surface area contributed by atoms with E-state index in [-0.39, 0.29) is 17.1 Å². The van der Waals surface area contributed by atoms with E-state index in [2.05, 4.69) is 15.3 Å². The molecule has 31 heavy (non-hydrogen) atoms. The number of rotatable bonds is 3. The van der Waals surface area contributed by atoms with Crippen LogP contribution in [0.5, 0.6) is 0 Å². The van der Waals surface area contributed by atoms with Crippen LogP contribution in [0.1, 0.15) is 12.1 Å². The lowest BCUT2D eigenvalue weighted by atomic mass is 10.1. The maximum Gasteiger partial charge on any atom is 0.409 e. The Bertz CT molecular complexity index is 1170. The summed E-state index contributed by atoms with van der Waals surface area (Å²) in [6.07, 6.45) is -5.64. The van der Waals surface area contributed by atoms with Crippen LogP contribution in [0.4, 0.5) is 24.5 Å². The number of hydrogen-bond donors (Lipinski definition) is 1. The molecule has 2 heterocycles. The SMILES string of the molecule is Cc1nc2ccccc2nc1SCC(=O)N1c2ccccc2NC(=O)C[C@@H]1C(F)(F)F. The van der Waals surface area contributed by atoms with Gasteiger partial charge in [-0.05, 0) is 31.2 Å². The molecule has 1 aliphatic heterocycles. The molecule has 0 saturated carbocycles. The zero-order valence-electron chi connectivity index (χ0n) is 16.3. The number of nitrogens with one attached hydrogen (secondary N) is 1. The number of halogens is 3. The molecule has 1 aliphatic rings. The van der Waals surface area contributed by atoms with E-state index < -0.39 is 30.5 Å². The minimum absolute atomic E-state index is 0.0163. The number of fused-ring (bicyclic) bond motifs is 2. The molecule has 6 nitrogen and oxygen atoms in total. The predicted octanol–water partition coefficient (Wildman–Crippen LogP) is 4.34. The topological polar surface area (TPSA) is 75.2 Å². The quantitative estimate of drug-likeness (QED) is 0.606. The van der Waals surface area contributed by atoms with Gasteiger partial charge in [-0.2, -0.15) is 13.2 Å². The van der Waals surface area contributed by atoms with Crippen LogP contribution in [-0.2, 0) is 9.59 Å². The molecule has 2 aromatic carbocycles. The molecule has 1 aromatic heterocycles. The van der Waals surface area contributed by atoms with Crippen molar-refractivity contribution in [2.24, 2.45) is 0 Å². The third-order valence-electron chi connectivity index (χ3n) is 4.81. The predicted molar refractivity (Wildman–Crippen MR) is 112 cm³/mol. The van der Waals surface area contributed by atoms with Gasteiger partial charge in [-0.3, -0.25) is 14.5 Å². The summed E-state index contributed by atoms with van der Waals surface area (Å²) < 4.78 is 41.4. The molecule has 1 atom stereocenters. The molecule has 160 valence electrons. The van der Waals surface area contributed by atoms with E-state index >= 15 is 0 Å². The number of aryl methyl sites for hydroxylation is 1. The summed E-state index contributed by atoms with van der Waals surface area (Å²) in [6, 6.07) is 10.9. The third kappa shape index (κ3) is 4.34. The molecule has 0 spiro atoms. The van der Waals surface area contributed by atoms with Crippen molar-refractivity contribution in [3.8, 4) is 0 Å². The highest BCUT2D eigenvalue weighted by Gasteiger charge is 2.48. The number of carbonyl (C=O) groups is 2. The number of hydrogen-bond acceptors (Lipinski definition) is 5. The summed E-state index contributed by atoms with van der Waals surface area (Å²) in [5.74, 6) is -1.86. The summed E-state index contributed by atoms with van der Waals surface area (Å²) in [6.45, 7) is 1.73. The third-order valence-corrected chi connectivity index (χ3v) is 5.86. The molecule has 2 amide bonds. The minimum atomic E-state index is -4.77. The first-order valence-corrected chi connectivity index (χ1v) is 10.4. The van der Waals surface area contributed by atoms with Crippen LogP contribution in [0.15, 0.2) is 53.6 Å². The van der Waals surface area contributed by atoms with Crippen LogP contribution >= 0.6 is 11.8 Å². The first-order chi connectivity index (χ1) is 14.7. The molecular formula is C21H17F3N4O2S. The molecule has 0 fully saturated rings. The Hall–Kier alpha value is -3.14. The maximum atomic E-state index is 13.8. The van der Waals surface area contributed by atoms with Gasteiger partial charge in [0.1, 0.15) is 11.1 Å². The van der Waals surface area contributed by atoms with Crippen LogP contribution in [-0.4, -0.2) is 39.8 Å². The fraction of sp³-hybridized carbons (Fsp3) is 0.238. The average Bonchev–Trinajstić information content (AvgIpc) is 2.87. The van der Waals surface area contributed by atoms with Crippen LogP contribution < -0.4 is 10.2 Å². The van der Waals surface area contributed by atoms with Gasteiger partial charge < -0.3 is 5.32 Å². The van der Waals surface area contributed by atoms with Gasteiger partial charge in [-0.1, -0.05) is 36.0 Å². The van der Waals surface area contributed by atoms with E-state index in [0.717, 1.165) is 11.8 Å². The monoisotopic (exact) mass is 446 g/mol. The van der Waals surface area contributed by atoms with Crippen LogP contribution in [0.3, 0.4) is 0 Å². The zero-order valence-corrected chi connectivity index (χ0v) is 17.1. The van der Waals surface area contributed by atoms with E-state index in [9.17, 15) is 22.8 Å².